The van der Waals surface area contributed by atoms with Crippen LogP contribution in [0.15, 0.2) is 18.2 Å². The minimum Gasteiger partial charge on any atom is -0.481 e. The molecule has 1 rings (SSSR count). The number of amides is 2. The predicted octanol–water partition coefficient (Wildman–Crippen LogP) is 2.15. The summed E-state index contributed by atoms with van der Waals surface area (Å²) in [5.74, 6) is -1.66. The number of nitro benzene ring substituents is 1. The monoisotopic (exact) mass is 343 g/mol. The molecule has 2 amide bonds. The molecule has 0 bridgehead atoms. The molecule has 1 aromatic carbocycles. The van der Waals surface area contributed by atoms with E-state index in [0.717, 1.165) is 0 Å². The van der Waals surface area contributed by atoms with Crippen LogP contribution in [0.3, 0.4) is 0 Å². The number of rotatable bonds is 7. The van der Waals surface area contributed by atoms with E-state index in [4.69, 9.17) is 16.7 Å². The summed E-state index contributed by atoms with van der Waals surface area (Å²) in [4.78, 5) is 34.3. The second kappa shape index (κ2) is 8.33. The van der Waals surface area contributed by atoms with Gasteiger partial charge in [0.15, 0.2) is 0 Å². The smallest absolute Gasteiger partial charge is 0.317 e. The number of halogens is 1. The number of nitrogens with zero attached hydrogens (tertiary/aromatic N) is 2. The number of benzene rings is 1. The van der Waals surface area contributed by atoms with E-state index in [1.807, 2.05) is 0 Å². The number of carbonyl (C=O) groups excluding carboxylic acids is 1. The third-order valence-electron chi connectivity index (χ3n) is 3.23. The fraction of sp³-hybridized carbons (Fsp3) is 0.429. The molecule has 0 aromatic heterocycles. The molecule has 126 valence electrons. The van der Waals surface area contributed by atoms with Crippen LogP contribution in [0.4, 0.5) is 10.5 Å². The molecule has 2 N–H and O–H groups in total. The lowest BCUT2D eigenvalue weighted by Gasteiger charge is -2.20. The molecular formula is C14H18ClN3O5. The minimum atomic E-state index is -0.985. The summed E-state index contributed by atoms with van der Waals surface area (Å²) in [5.41, 5.74) is 0.362. The van der Waals surface area contributed by atoms with Crippen LogP contribution in [0.1, 0.15) is 12.5 Å². The van der Waals surface area contributed by atoms with Gasteiger partial charge in [-0.1, -0.05) is 24.6 Å². The first-order valence-corrected chi connectivity index (χ1v) is 7.24. The van der Waals surface area contributed by atoms with E-state index in [0.29, 0.717) is 5.56 Å². The van der Waals surface area contributed by atoms with Crippen molar-refractivity contribution in [3.8, 4) is 0 Å². The molecule has 0 aliphatic carbocycles. The van der Waals surface area contributed by atoms with Crippen molar-refractivity contribution < 1.29 is 19.6 Å². The fourth-order valence-corrected chi connectivity index (χ4v) is 2.10. The third-order valence-corrected chi connectivity index (χ3v) is 3.47. The Bertz CT molecular complexity index is 608. The number of carboxylic acids is 1. The zero-order valence-corrected chi connectivity index (χ0v) is 13.5. The first kappa shape index (κ1) is 18.7. The van der Waals surface area contributed by atoms with E-state index in [1.54, 1.807) is 12.1 Å². The normalized spacial score (nSPS) is 11.6. The van der Waals surface area contributed by atoms with Gasteiger partial charge in [-0.15, -0.1) is 0 Å². The summed E-state index contributed by atoms with van der Waals surface area (Å²) in [6.07, 6.45) is 0.265. The molecule has 0 heterocycles. The predicted molar refractivity (Wildman–Crippen MR) is 84.6 cm³/mol. The number of carboxylic acid groups (broad SMARTS) is 1. The Hall–Kier alpha value is -2.35. The summed E-state index contributed by atoms with van der Waals surface area (Å²) in [6.45, 7) is 1.76. The highest BCUT2D eigenvalue weighted by Crippen LogP contribution is 2.23. The summed E-state index contributed by atoms with van der Waals surface area (Å²) in [5, 5.41) is 22.6. The Balaban J connectivity index is 2.55. The van der Waals surface area contributed by atoms with Crippen molar-refractivity contribution in [2.75, 3.05) is 20.1 Å². The highest BCUT2D eigenvalue weighted by molar-refractivity contribution is 6.30. The first-order valence-electron chi connectivity index (χ1n) is 6.87. The van der Waals surface area contributed by atoms with E-state index in [2.05, 4.69) is 5.32 Å². The quantitative estimate of drug-likeness (QED) is 0.581. The van der Waals surface area contributed by atoms with Gasteiger partial charge in [0.25, 0.3) is 5.69 Å². The van der Waals surface area contributed by atoms with Gasteiger partial charge in [-0.05, 0) is 12.5 Å². The van der Waals surface area contributed by atoms with Crippen LogP contribution >= 0.6 is 11.6 Å². The van der Waals surface area contributed by atoms with E-state index in [-0.39, 0.29) is 30.2 Å². The van der Waals surface area contributed by atoms with E-state index >= 15 is 0 Å². The van der Waals surface area contributed by atoms with Crippen molar-refractivity contribution in [1.29, 1.82) is 0 Å². The van der Waals surface area contributed by atoms with Gasteiger partial charge in [0.05, 0.1) is 10.8 Å². The van der Waals surface area contributed by atoms with Crippen molar-refractivity contribution in [1.82, 2.24) is 10.2 Å². The van der Waals surface area contributed by atoms with Crippen molar-refractivity contribution >= 4 is 29.3 Å². The number of hydrogen-bond acceptors (Lipinski definition) is 4. The zero-order valence-electron chi connectivity index (χ0n) is 12.8. The van der Waals surface area contributed by atoms with Crippen LogP contribution in [-0.4, -0.2) is 47.1 Å². The van der Waals surface area contributed by atoms with Gasteiger partial charge in [-0.2, -0.15) is 0 Å². The van der Waals surface area contributed by atoms with Crippen molar-refractivity contribution in [2.24, 2.45) is 5.92 Å². The zero-order chi connectivity index (χ0) is 17.6. The average molecular weight is 344 g/mol. The van der Waals surface area contributed by atoms with Crippen molar-refractivity contribution in [3.63, 3.8) is 0 Å². The Morgan fingerprint density at radius 1 is 1.48 bits per heavy atom. The van der Waals surface area contributed by atoms with Crippen LogP contribution in [0.2, 0.25) is 5.02 Å². The van der Waals surface area contributed by atoms with Crippen LogP contribution in [-0.2, 0) is 11.2 Å². The average Bonchev–Trinajstić information content (AvgIpc) is 2.47. The van der Waals surface area contributed by atoms with Gasteiger partial charge in [0.1, 0.15) is 0 Å². The topological polar surface area (TPSA) is 113 Å². The molecule has 0 radical (unpaired) electrons. The number of urea groups is 1. The lowest BCUT2D eigenvalue weighted by atomic mass is 10.1. The van der Waals surface area contributed by atoms with Gasteiger partial charge in [0.2, 0.25) is 0 Å². The van der Waals surface area contributed by atoms with Gasteiger partial charge in [-0.3, -0.25) is 14.9 Å². The van der Waals surface area contributed by atoms with Crippen molar-refractivity contribution in [2.45, 2.75) is 13.3 Å². The molecular weight excluding hydrogens is 326 g/mol. The Morgan fingerprint density at radius 2 is 2.13 bits per heavy atom. The molecule has 0 aliphatic rings. The molecule has 9 heteroatoms. The van der Waals surface area contributed by atoms with Gasteiger partial charge in [-0.25, -0.2) is 4.79 Å². The lowest BCUT2D eigenvalue weighted by molar-refractivity contribution is -0.385. The molecule has 0 spiro atoms. The highest BCUT2D eigenvalue weighted by Gasteiger charge is 2.18. The largest absolute Gasteiger partial charge is 0.481 e. The maximum Gasteiger partial charge on any atom is 0.317 e. The SMILES string of the molecule is CC(CN(C)C(=O)NCCc1ccc(Cl)cc1[N+](=O)[O-])C(=O)O. The Labute approximate surface area is 138 Å². The summed E-state index contributed by atoms with van der Waals surface area (Å²) in [7, 11) is 1.49. The van der Waals surface area contributed by atoms with Gasteiger partial charge in [0, 0.05) is 36.8 Å². The number of hydrogen-bond donors (Lipinski definition) is 2. The molecule has 0 saturated carbocycles. The number of nitrogens with one attached hydrogen (secondary N) is 1. The molecule has 1 unspecified atom stereocenters. The molecule has 1 atom stereocenters. The number of carbonyl (C=O) groups is 2. The standard InChI is InChI=1S/C14H18ClN3O5/c1-9(13(19)20)8-17(2)14(21)16-6-5-10-3-4-11(15)7-12(10)18(22)23/h3-4,7,9H,5-6,8H2,1-2H3,(H,16,21)(H,19,20). The first-order chi connectivity index (χ1) is 10.7. The van der Waals surface area contributed by atoms with Crippen LogP contribution in [0, 0.1) is 16.0 Å². The highest BCUT2D eigenvalue weighted by atomic mass is 35.5. The summed E-state index contributed by atoms with van der Waals surface area (Å²) >= 11 is 5.73. The van der Waals surface area contributed by atoms with Crippen LogP contribution in [0.25, 0.3) is 0 Å². The maximum atomic E-state index is 11.8. The van der Waals surface area contributed by atoms with E-state index < -0.39 is 22.8 Å². The maximum absolute atomic E-state index is 11.8. The van der Waals surface area contributed by atoms with E-state index in [9.17, 15) is 19.7 Å². The number of nitro groups is 1. The second-order valence-corrected chi connectivity index (χ2v) is 5.57. The van der Waals surface area contributed by atoms with E-state index in [1.165, 1.54) is 24.9 Å². The molecule has 23 heavy (non-hydrogen) atoms. The summed E-state index contributed by atoms with van der Waals surface area (Å²) in [6, 6.07) is 3.92. The molecule has 8 nitrogen and oxygen atoms in total. The number of aliphatic carboxylic acids is 1. The van der Waals surface area contributed by atoms with Crippen molar-refractivity contribution in [3.05, 3.63) is 38.9 Å². The Kier molecular flexibility index (Phi) is 6.77. The van der Waals surface area contributed by atoms with Gasteiger partial charge < -0.3 is 15.3 Å². The Morgan fingerprint density at radius 3 is 2.70 bits per heavy atom. The lowest BCUT2D eigenvalue weighted by Crippen LogP contribution is -2.41. The second-order valence-electron chi connectivity index (χ2n) is 5.13. The fourth-order valence-electron chi connectivity index (χ4n) is 1.93. The van der Waals surface area contributed by atoms with Crippen LogP contribution < -0.4 is 5.32 Å². The van der Waals surface area contributed by atoms with Crippen LogP contribution in [0.5, 0.6) is 0 Å². The molecule has 0 saturated heterocycles. The minimum absolute atomic E-state index is 0.0717. The summed E-state index contributed by atoms with van der Waals surface area (Å²) < 4.78 is 0. The third kappa shape index (κ3) is 5.74. The molecule has 1 aromatic rings. The molecule has 0 aliphatic heterocycles. The molecule has 0 fully saturated rings. The van der Waals surface area contributed by atoms with Gasteiger partial charge >= 0.3 is 12.0 Å².